The number of carbonyl (C=O) groups excluding carboxylic acids is 2. The summed E-state index contributed by atoms with van der Waals surface area (Å²) in [7, 11) is 1.57. The molecule has 2 aromatic carbocycles. The quantitative estimate of drug-likeness (QED) is 0.553. The van der Waals surface area contributed by atoms with E-state index >= 15 is 0 Å². The number of hydrogen-bond acceptors (Lipinski definition) is 7. The number of nitrogens with zero attached hydrogens (tertiary/aromatic N) is 2. The molecule has 1 N–H and O–H groups in total. The number of amides is 1. The molecule has 8 nitrogen and oxygen atoms in total. The summed E-state index contributed by atoms with van der Waals surface area (Å²) >= 11 is 0. The Hall–Kier alpha value is -3.68. The Morgan fingerprint density at radius 1 is 1.13 bits per heavy atom. The van der Waals surface area contributed by atoms with Crippen LogP contribution in [0.15, 0.2) is 53.1 Å². The topological polar surface area (TPSA) is 104 Å². The van der Waals surface area contributed by atoms with E-state index in [1.807, 2.05) is 51.1 Å². The van der Waals surface area contributed by atoms with Crippen molar-refractivity contribution in [3.8, 4) is 17.1 Å². The second-order valence-corrected chi connectivity index (χ2v) is 7.41. The highest BCUT2D eigenvalue weighted by Crippen LogP contribution is 2.21. The zero-order valence-corrected chi connectivity index (χ0v) is 17.9. The van der Waals surface area contributed by atoms with Crippen LogP contribution in [-0.4, -0.2) is 35.2 Å². The summed E-state index contributed by atoms with van der Waals surface area (Å²) in [6.07, 6.45) is 0. The number of hydrogen-bond donors (Lipinski definition) is 1. The van der Waals surface area contributed by atoms with E-state index in [4.69, 9.17) is 14.0 Å². The number of ether oxygens (including phenoxy) is 2. The number of nitrogens with one attached hydrogen (secondary N) is 1. The van der Waals surface area contributed by atoms with Gasteiger partial charge >= 0.3 is 5.97 Å². The maximum Gasteiger partial charge on any atom is 0.329 e. The summed E-state index contributed by atoms with van der Waals surface area (Å²) in [5.74, 6) is 0.0956. The van der Waals surface area contributed by atoms with Gasteiger partial charge in [0.05, 0.1) is 7.11 Å². The fourth-order valence-electron chi connectivity index (χ4n) is 2.84. The number of benzene rings is 2. The number of methoxy groups -OCH3 is 1. The molecule has 1 heterocycles. The molecule has 0 saturated heterocycles. The van der Waals surface area contributed by atoms with Crippen LogP contribution in [0.2, 0.25) is 0 Å². The smallest absolute Gasteiger partial charge is 0.329 e. The molecule has 0 bridgehead atoms. The van der Waals surface area contributed by atoms with Gasteiger partial charge in [-0.25, -0.2) is 4.79 Å². The van der Waals surface area contributed by atoms with Crippen LogP contribution in [0.3, 0.4) is 0 Å². The van der Waals surface area contributed by atoms with Gasteiger partial charge in [-0.15, -0.1) is 0 Å². The van der Waals surface area contributed by atoms with Gasteiger partial charge in [0, 0.05) is 11.1 Å². The van der Waals surface area contributed by atoms with E-state index < -0.39 is 12.0 Å². The zero-order valence-electron chi connectivity index (χ0n) is 17.9. The van der Waals surface area contributed by atoms with Crippen LogP contribution < -0.4 is 10.1 Å². The summed E-state index contributed by atoms with van der Waals surface area (Å²) in [6, 6.07) is 13.5. The average molecular weight is 423 g/mol. The Kier molecular flexibility index (Phi) is 7.02. The molecule has 0 radical (unpaired) electrons. The fraction of sp³-hybridized carbons (Fsp3) is 0.304. The zero-order chi connectivity index (χ0) is 22.4. The van der Waals surface area contributed by atoms with Crippen molar-refractivity contribution in [1.29, 1.82) is 0 Å². The summed E-state index contributed by atoms with van der Waals surface area (Å²) < 4.78 is 15.7. The highest BCUT2D eigenvalue weighted by atomic mass is 16.6. The van der Waals surface area contributed by atoms with E-state index in [0.29, 0.717) is 22.7 Å². The molecule has 0 aliphatic carbocycles. The molecule has 1 aromatic heterocycles. The Labute approximate surface area is 180 Å². The minimum atomic E-state index is -0.811. The number of carbonyl (C=O) groups is 2. The first-order valence-electron chi connectivity index (χ1n) is 9.88. The summed E-state index contributed by atoms with van der Waals surface area (Å²) in [4.78, 5) is 29.3. The fourth-order valence-corrected chi connectivity index (χ4v) is 2.84. The molecule has 3 aromatic rings. The van der Waals surface area contributed by atoms with Crippen molar-refractivity contribution in [2.45, 2.75) is 33.4 Å². The van der Waals surface area contributed by atoms with Crippen LogP contribution >= 0.6 is 0 Å². The van der Waals surface area contributed by atoms with Crippen molar-refractivity contribution in [2.24, 2.45) is 5.92 Å². The second kappa shape index (κ2) is 9.88. The molecular formula is C23H25N3O5. The van der Waals surface area contributed by atoms with Crippen LogP contribution in [0.5, 0.6) is 5.75 Å². The maximum atomic E-state index is 12.6. The van der Waals surface area contributed by atoms with Crippen LogP contribution in [0.25, 0.3) is 11.4 Å². The van der Waals surface area contributed by atoms with Gasteiger partial charge in [0.1, 0.15) is 11.8 Å². The first kappa shape index (κ1) is 22.0. The normalized spacial score (nSPS) is 11.8. The Bertz CT molecular complexity index is 1040. The van der Waals surface area contributed by atoms with E-state index in [1.54, 1.807) is 25.3 Å². The molecule has 0 spiro atoms. The SMILES string of the molecule is COc1cccc(-c2noc(COC(=O)[C@@H](NC(=O)c3ccc(C)cc3)C(C)C)n2)c1. The number of esters is 1. The third-order valence-electron chi connectivity index (χ3n) is 4.65. The van der Waals surface area contributed by atoms with Gasteiger partial charge in [-0.2, -0.15) is 4.98 Å². The van der Waals surface area contributed by atoms with Crippen molar-refractivity contribution in [1.82, 2.24) is 15.5 Å². The molecule has 3 rings (SSSR count). The van der Waals surface area contributed by atoms with E-state index in [-0.39, 0.29) is 24.3 Å². The lowest BCUT2D eigenvalue weighted by molar-refractivity contribution is -0.149. The Balaban J connectivity index is 1.62. The predicted octanol–water partition coefficient (Wildman–Crippen LogP) is 3.55. The molecule has 0 aliphatic rings. The second-order valence-electron chi connectivity index (χ2n) is 7.41. The van der Waals surface area contributed by atoms with E-state index in [2.05, 4.69) is 15.5 Å². The van der Waals surface area contributed by atoms with E-state index in [9.17, 15) is 9.59 Å². The van der Waals surface area contributed by atoms with E-state index in [1.165, 1.54) is 0 Å². The molecule has 0 aliphatic heterocycles. The van der Waals surface area contributed by atoms with Gasteiger partial charge in [0.2, 0.25) is 5.82 Å². The van der Waals surface area contributed by atoms with Crippen molar-refractivity contribution >= 4 is 11.9 Å². The lowest BCUT2D eigenvalue weighted by atomic mass is 10.0. The van der Waals surface area contributed by atoms with Gasteiger partial charge in [0.15, 0.2) is 6.61 Å². The largest absolute Gasteiger partial charge is 0.497 e. The monoisotopic (exact) mass is 423 g/mol. The standard InChI is InChI=1S/C23H25N3O5/c1-14(2)20(25-22(27)16-10-8-15(3)9-11-16)23(28)30-13-19-24-21(26-31-19)17-6-5-7-18(12-17)29-4/h5-12,14,20H,13H2,1-4H3,(H,25,27)/t20-/m0/s1. The lowest BCUT2D eigenvalue weighted by Gasteiger charge is -2.20. The van der Waals surface area contributed by atoms with Crippen LogP contribution in [0, 0.1) is 12.8 Å². The van der Waals surface area contributed by atoms with E-state index in [0.717, 1.165) is 5.56 Å². The van der Waals surface area contributed by atoms with Gasteiger partial charge in [-0.05, 0) is 37.1 Å². The predicted molar refractivity (Wildman–Crippen MR) is 113 cm³/mol. The first-order chi connectivity index (χ1) is 14.9. The van der Waals surface area contributed by atoms with Crippen LogP contribution in [0.1, 0.15) is 35.7 Å². The number of aryl methyl sites for hydroxylation is 1. The lowest BCUT2D eigenvalue weighted by Crippen LogP contribution is -2.45. The van der Waals surface area contributed by atoms with Gasteiger partial charge < -0.3 is 19.3 Å². The van der Waals surface area contributed by atoms with Crippen molar-refractivity contribution < 1.29 is 23.6 Å². The summed E-state index contributed by atoms with van der Waals surface area (Å²) in [5.41, 5.74) is 2.24. The average Bonchev–Trinajstić information content (AvgIpc) is 3.25. The Morgan fingerprint density at radius 3 is 2.55 bits per heavy atom. The third kappa shape index (κ3) is 5.69. The minimum Gasteiger partial charge on any atom is -0.497 e. The van der Waals surface area contributed by atoms with Gasteiger partial charge in [0.25, 0.3) is 11.8 Å². The van der Waals surface area contributed by atoms with Gasteiger partial charge in [-0.1, -0.05) is 48.8 Å². The molecule has 0 fully saturated rings. The molecule has 1 amide bonds. The molecule has 31 heavy (non-hydrogen) atoms. The molecule has 0 saturated carbocycles. The molecule has 1 atom stereocenters. The molecule has 0 unspecified atom stereocenters. The van der Waals surface area contributed by atoms with Gasteiger partial charge in [-0.3, -0.25) is 4.79 Å². The highest BCUT2D eigenvalue weighted by molar-refractivity contribution is 5.96. The molecule has 8 heteroatoms. The first-order valence-corrected chi connectivity index (χ1v) is 9.88. The highest BCUT2D eigenvalue weighted by Gasteiger charge is 2.27. The third-order valence-corrected chi connectivity index (χ3v) is 4.65. The molecule has 162 valence electrons. The van der Waals surface area contributed by atoms with Crippen molar-refractivity contribution in [2.75, 3.05) is 7.11 Å². The number of rotatable bonds is 8. The maximum absolute atomic E-state index is 12.6. The molecular weight excluding hydrogens is 398 g/mol. The van der Waals surface area contributed by atoms with Crippen molar-refractivity contribution in [3.05, 3.63) is 65.5 Å². The van der Waals surface area contributed by atoms with Crippen LogP contribution in [-0.2, 0) is 16.1 Å². The summed E-state index contributed by atoms with van der Waals surface area (Å²) in [5, 5.41) is 6.65. The Morgan fingerprint density at radius 2 is 1.87 bits per heavy atom. The van der Waals surface area contributed by atoms with Crippen LogP contribution in [0.4, 0.5) is 0 Å². The number of aromatic nitrogens is 2. The summed E-state index contributed by atoms with van der Waals surface area (Å²) in [6.45, 7) is 5.40. The minimum absolute atomic E-state index is 0.151. The van der Waals surface area contributed by atoms with Crippen molar-refractivity contribution in [3.63, 3.8) is 0 Å².